The van der Waals surface area contributed by atoms with Gasteiger partial charge in [0.1, 0.15) is 0 Å². The van der Waals surface area contributed by atoms with Gasteiger partial charge in [-0.1, -0.05) is 0 Å². The molecule has 0 N–H and O–H groups in total. The predicted molar refractivity (Wildman–Crippen MR) is 93.1 cm³/mol. The number of carbonyl (C=O) groups excluding carboxylic acids is 1. The summed E-state index contributed by atoms with van der Waals surface area (Å²) in [5.74, 6) is 0.254. The maximum atomic E-state index is 12.6. The third-order valence-corrected chi connectivity index (χ3v) is 5.34. The van der Waals surface area contributed by atoms with E-state index in [1.807, 2.05) is 13.8 Å². The van der Waals surface area contributed by atoms with Gasteiger partial charge in [-0.05, 0) is 46.0 Å². The summed E-state index contributed by atoms with van der Waals surface area (Å²) in [5.41, 5.74) is 1.98. The summed E-state index contributed by atoms with van der Waals surface area (Å²) in [7, 11) is 0. The lowest BCUT2D eigenvalue weighted by Crippen LogP contribution is -2.42. The Labute approximate surface area is 143 Å². The van der Waals surface area contributed by atoms with Crippen LogP contribution in [0.25, 0.3) is 0 Å². The van der Waals surface area contributed by atoms with E-state index in [0.717, 1.165) is 63.2 Å². The Kier molecular flexibility index (Phi) is 5.39. The highest BCUT2D eigenvalue weighted by atomic mass is 16.5. The van der Waals surface area contributed by atoms with E-state index < -0.39 is 0 Å². The summed E-state index contributed by atoms with van der Waals surface area (Å²) >= 11 is 0. The number of hydrogen-bond acceptors (Lipinski definition) is 3. The zero-order valence-electron chi connectivity index (χ0n) is 14.8. The van der Waals surface area contributed by atoms with Crippen LogP contribution in [0.3, 0.4) is 0 Å². The molecule has 0 aliphatic carbocycles. The Bertz CT molecular complexity index is 620. The normalized spacial score (nSPS) is 23.8. The fourth-order valence-electron chi connectivity index (χ4n) is 4.17. The van der Waals surface area contributed by atoms with Crippen molar-refractivity contribution in [3.05, 3.63) is 33.7 Å². The average Bonchev–Trinajstić information content (AvgIpc) is 3.19. The van der Waals surface area contributed by atoms with Crippen LogP contribution in [0.4, 0.5) is 0 Å². The molecular weight excluding hydrogens is 304 g/mol. The number of aryl methyl sites for hydroxylation is 2. The molecule has 1 amide bonds. The van der Waals surface area contributed by atoms with Crippen molar-refractivity contribution in [2.75, 3.05) is 13.2 Å². The molecule has 0 aromatic carbocycles. The van der Waals surface area contributed by atoms with Gasteiger partial charge in [-0.3, -0.25) is 9.59 Å². The molecule has 5 heteroatoms. The van der Waals surface area contributed by atoms with E-state index in [9.17, 15) is 9.59 Å². The first-order valence-electron chi connectivity index (χ1n) is 9.15. The Hall–Kier alpha value is -1.62. The quantitative estimate of drug-likeness (QED) is 0.832. The van der Waals surface area contributed by atoms with E-state index in [1.165, 1.54) is 0 Å². The van der Waals surface area contributed by atoms with Crippen LogP contribution in [0.2, 0.25) is 0 Å². The number of ether oxygens (including phenoxy) is 1. The van der Waals surface area contributed by atoms with Crippen molar-refractivity contribution < 1.29 is 9.53 Å². The monoisotopic (exact) mass is 332 g/mol. The highest BCUT2D eigenvalue weighted by Crippen LogP contribution is 2.28. The molecule has 1 aromatic rings. The van der Waals surface area contributed by atoms with E-state index in [1.54, 1.807) is 12.1 Å². The molecule has 2 aliphatic heterocycles. The van der Waals surface area contributed by atoms with Gasteiger partial charge in [0.25, 0.3) is 0 Å². The Balaban J connectivity index is 1.55. The van der Waals surface area contributed by atoms with Gasteiger partial charge in [0.2, 0.25) is 5.91 Å². The highest BCUT2D eigenvalue weighted by Gasteiger charge is 2.36. The Morgan fingerprint density at radius 1 is 1.21 bits per heavy atom. The SMILES string of the molecule is Cc1cc(=O)cc(C)n1CCCC(=O)N1CCCC1C1CCCO1. The van der Waals surface area contributed by atoms with Crippen molar-refractivity contribution in [1.29, 1.82) is 0 Å². The van der Waals surface area contributed by atoms with Crippen LogP contribution >= 0.6 is 0 Å². The minimum atomic E-state index is 0.0498. The molecule has 2 saturated heterocycles. The van der Waals surface area contributed by atoms with Crippen LogP contribution in [0.1, 0.15) is 49.9 Å². The lowest BCUT2D eigenvalue weighted by atomic mass is 10.1. The van der Waals surface area contributed by atoms with Gasteiger partial charge < -0.3 is 14.2 Å². The molecule has 5 nitrogen and oxygen atoms in total. The molecule has 1 aromatic heterocycles. The summed E-state index contributed by atoms with van der Waals surface area (Å²) in [4.78, 5) is 26.2. The molecule has 2 aliphatic rings. The zero-order chi connectivity index (χ0) is 17.1. The summed E-state index contributed by atoms with van der Waals surface area (Å²) in [5, 5.41) is 0. The van der Waals surface area contributed by atoms with E-state index in [-0.39, 0.29) is 23.5 Å². The molecule has 2 fully saturated rings. The number of pyridine rings is 1. The molecule has 132 valence electrons. The molecular formula is C19H28N2O3. The average molecular weight is 332 g/mol. The summed E-state index contributed by atoms with van der Waals surface area (Å²) in [6.07, 6.45) is 5.99. The van der Waals surface area contributed by atoms with Crippen molar-refractivity contribution in [2.24, 2.45) is 0 Å². The first-order chi connectivity index (χ1) is 11.6. The Morgan fingerprint density at radius 3 is 2.62 bits per heavy atom. The van der Waals surface area contributed by atoms with Crippen molar-refractivity contribution in [1.82, 2.24) is 9.47 Å². The molecule has 3 rings (SSSR count). The van der Waals surface area contributed by atoms with Crippen molar-refractivity contribution >= 4 is 5.91 Å². The zero-order valence-corrected chi connectivity index (χ0v) is 14.8. The van der Waals surface area contributed by atoms with Gasteiger partial charge in [0.05, 0.1) is 12.1 Å². The molecule has 0 saturated carbocycles. The number of likely N-dealkylation sites (tertiary alicyclic amines) is 1. The fraction of sp³-hybridized carbons (Fsp3) is 0.684. The largest absolute Gasteiger partial charge is 0.376 e. The minimum Gasteiger partial charge on any atom is -0.376 e. The standard InChI is InChI=1S/C19H28N2O3/c1-14-12-16(22)13-15(2)20(14)9-4-8-19(23)21-10-3-6-17(21)18-7-5-11-24-18/h12-13,17-18H,3-11H2,1-2H3. The number of amides is 1. The van der Waals surface area contributed by atoms with Crippen LogP contribution in [-0.4, -0.2) is 40.7 Å². The van der Waals surface area contributed by atoms with Crippen LogP contribution in [0.5, 0.6) is 0 Å². The molecule has 2 unspecified atom stereocenters. The van der Waals surface area contributed by atoms with Crippen molar-refractivity contribution in [3.63, 3.8) is 0 Å². The van der Waals surface area contributed by atoms with Crippen LogP contribution in [0.15, 0.2) is 16.9 Å². The van der Waals surface area contributed by atoms with Crippen LogP contribution in [0, 0.1) is 13.8 Å². The third-order valence-electron chi connectivity index (χ3n) is 5.34. The maximum absolute atomic E-state index is 12.6. The van der Waals surface area contributed by atoms with Gasteiger partial charge in [0.15, 0.2) is 5.43 Å². The molecule has 3 heterocycles. The number of hydrogen-bond donors (Lipinski definition) is 0. The molecule has 24 heavy (non-hydrogen) atoms. The van der Waals surface area contributed by atoms with Gasteiger partial charge in [-0.2, -0.15) is 0 Å². The summed E-state index contributed by atoms with van der Waals surface area (Å²) < 4.78 is 7.93. The van der Waals surface area contributed by atoms with E-state index in [4.69, 9.17) is 4.74 Å². The molecule has 0 spiro atoms. The van der Waals surface area contributed by atoms with E-state index in [2.05, 4.69) is 9.47 Å². The predicted octanol–water partition coefficient (Wildman–Crippen LogP) is 2.42. The first-order valence-corrected chi connectivity index (χ1v) is 9.15. The fourth-order valence-corrected chi connectivity index (χ4v) is 4.17. The van der Waals surface area contributed by atoms with E-state index in [0.29, 0.717) is 6.42 Å². The number of carbonyl (C=O) groups is 1. The lowest BCUT2D eigenvalue weighted by Gasteiger charge is -2.29. The minimum absolute atomic E-state index is 0.0498. The van der Waals surface area contributed by atoms with Gasteiger partial charge >= 0.3 is 0 Å². The molecule has 2 atom stereocenters. The maximum Gasteiger partial charge on any atom is 0.222 e. The Morgan fingerprint density at radius 2 is 1.96 bits per heavy atom. The topological polar surface area (TPSA) is 51.5 Å². The van der Waals surface area contributed by atoms with Crippen LogP contribution < -0.4 is 5.43 Å². The number of aromatic nitrogens is 1. The number of nitrogens with zero attached hydrogens (tertiary/aromatic N) is 2. The highest BCUT2D eigenvalue weighted by molar-refractivity contribution is 5.76. The smallest absolute Gasteiger partial charge is 0.222 e. The van der Waals surface area contributed by atoms with Gasteiger partial charge in [-0.25, -0.2) is 0 Å². The molecule has 0 bridgehead atoms. The van der Waals surface area contributed by atoms with Crippen molar-refractivity contribution in [2.45, 2.75) is 71.1 Å². The second-order valence-corrected chi connectivity index (χ2v) is 7.08. The number of rotatable bonds is 5. The molecule has 0 radical (unpaired) electrons. The van der Waals surface area contributed by atoms with E-state index >= 15 is 0 Å². The summed E-state index contributed by atoms with van der Waals surface area (Å²) in [6.45, 7) is 6.39. The summed E-state index contributed by atoms with van der Waals surface area (Å²) in [6, 6.07) is 3.60. The van der Waals surface area contributed by atoms with Gasteiger partial charge in [0, 0.05) is 49.6 Å². The second kappa shape index (κ2) is 7.51. The van der Waals surface area contributed by atoms with Gasteiger partial charge in [-0.15, -0.1) is 0 Å². The first kappa shape index (κ1) is 17.2. The second-order valence-electron chi connectivity index (χ2n) is 7.08. The third kappa shape index (κ3) is 3.72. The van der Waals surface area contributed by atoms with Crippen LogP contribution in [-0.2, 0) is 16.1 Å². The van der Waals surface area contributed by atoms with Crippen molar-refractivity contribution in [3.8, 4) is 0 Å². The lowest BCUT2D eigenvalue weighted by molar-refractivity contribution is -0.134.